The summed E-state index contributed by atoms with van der Waals surface area (Å²) in [4.78, 5) is 23.7. The van der Waals surface area contributed by atoms with Crippen molar-refractivity contribution in [1.82, 2.24) is 0 Å². The van der Waals surface area contributed by atoms with Crippen LogP contribution >= 0.6 is 0 Å². The van der Waals surface area contributed by atoms with Crippen LogP contribution in [0.2, 0.25) is 0 Å². The second kappa shape index (κ2) is 7.85. The van der Waals surface area contributed by atoms with Crippen LogP contribution in [-0.2, 0) is 19.1 Å². The van der Waals surface area contributed by atoms with E-state index in [9.17, 15) is 14.9 Å². The van der Waals surface area contributed by atoms with E-state index in [1.165, 1.54) is 7.11 Å². The Hall–Kier alpha value is -2.61. The summed E-state index contributed by atoms with van der Waals surface area (Å²) in [7, 11) is 1.22. The Balaban J connectivity index is 3.25. The average Bonchev–Trinajstić information content (AvgIpc) is 2.51. The second-order valence-corrected chi connectivity index (χ2v) is 4.26. The van der Waals surface area contributed by atoms with Gasteiger partial charge in [-0.05, 0) is 12.5 Å². The fourth-order valence-corrected chi connectivity index (χ4v) is 2.01. The quantitative estimate of drug-likeness (QED) is 0.592. The van der Waals surface area contributed by atoms with Gasteiger partial charge < -0.3 is 9.47 Å². The topological polar surface area (TPSA) is 76.4 Å². The third-order valence-electron chi connectivity index (χ3n) is 2.99. The first-order valence-electron chi connectivity index (χ1n) is 6.45. The van der Waals surface area contributed by atoms with E-state index in [1.807, 2.05) is 6.07 Å². The van der Waals surface area contributed by atoms with Crippen LogP contribution in [0.15, 0.2) is 42.5 Å². The predicted molar refractivity (Wildman–Crippen MR) is 76.1 cm³/mol. The zero-order valence-electron chi connectivity index (χ0n) is 12.0. The van der Waals surface area contributed by atoms with Crippen molar-refractivity contribution in [2.45, 2.75) is 12.8 Å². The zero-order chi connectivity index (χ0) is 15.8. The summed E-state index contributed by atoms with van der Waals surface area (Å²) in [5.74, 6) is -3.30. The molecule has 0 saturated heterocycles. The summed E-state index contributed by atoms with van der Waals surface area (Å²) < 4.78 is 9.56. The third kappa shape index (κ3) is 3.93. The number of rotatable bonds is 6. The maximum atomic E-state index is 12.0. The van der Waals surface area contributed by atoms with Gasteiger partial charge in [-0.1, -0.05) is 36.9 Å². The van der Waals surface area contributed by atoms with Crippen LogP contribution in [0.1, 0.15) is 18.4 Å². The summed E-state index contributed by atoms with van der Waals surface area (Å²) in [6.07, 6.45) is 0. The molecule has 1 aromatic carbocycles. The number of carbonyl (C=O) groups excluding carboxylic acids is 2. The van der Waals surface area contributed by atoms with Crippen LogP contribution in [0.4, 0.5) is 0 Å². The molecule has 0 saturated carbocycles. The van der Waals surface area contributed by atoms with Gasteiger partial charge in [-0.25, -0.2) is 4.79 Å². The maximum Gasteiger partial charge on any atom is 0.333 e. The number of hydrogen-bond donors (Lipinski definition) is 0. The molecule has 0 spiro atoms. The molecule has 0 bridgehead atoms. The van der Waals surface area contributed by atoms with Crippen molar-refractivity contribution < 1.29 is 19.1 Å². The molecule has 0 radical (unpaired) electrons. The maximum absolute atomic E-state index is 12.0. The van der Waals surface area contributed by atoms with E-state index in [2.05, 4.69) is 11.3 Å². The van der Waals surface area contributed by atoms with Crippen LogP contribution < -0.4 is 0 Å². The minimum atomic E-state index is -1.15. The zero-order valence-corrected chi connectivity index (χ0v) is 12.0. The first-order chi connectivity index (χ1) is 10.1. The molecule has 0 aliphatic carbocycles. The van der Waals surface area contributed by atoms with Gasteiger partial charge in [0.15, 0.2) is 5.92 Å². The summed E-state index contributed by atoms with van der Waals surface area (Å²) >= 11 is 0. The van der Waals surface area contributed by atoms with Gasteiger partial charge in [-0.2, -0.15) is 5.26 Å². The van der Waals surface area contributed by atoms with E-state index in [0.29, 0.717) is 5.56 Å². The monoisotopic (exact) mass is 287 g/mol. The molecule has 2 unspecified atom stereocenters. The lowest BCUT2D eigenvalue weighted by Gasteiger charge is -2.22. The summed E-state index contributed by atoms with van der Waals surface area (Å²) in [6.45, 7) is 5.49. The number of esters is 2. The van der Waals surface area contributed by atoms with E-state index in [0.717, 1.165) is 0 Å². The number of nitrogens with zero attached hydrogens (tertiary/aromatic N) is 1. The minimum absolute atomic E-state index is 0.0447. The smallest absolute Gasteiger partial charge is 0.333 e. The van der Waals surface area contributed by atoms with Crippen LogP contribution in [0, 0.1) is 17.2 Å². The van der Waals surface area contributed by atoms with E-state index >= 15 is 0 Å². The van der Waals surface area contributed by atoms with Crippen LogP contribution in [0.5, 0.6) is 0 Å². The molecule has 0 amide bonds. The van der Waals surface area contributed by atoms with Gasteiger partial charge >= 0.3 is 11.9 Å². The fourth-order valence-electron chi connectivity index (χ4n) is 2.01. The average molecular weight is 287 g/mol. The highest BCUT2D eigenvalue weighted by Gasteiger charge is 2.35. The van der Waals surface area contributed by atoms with Crippen molar-refractivity contribution in [3.8, 4) is 6.07 Å². The number of benzene rings is 1. The van der Waals surface area contributed by atoms with E-state index in [1.54, 1.807) is 37.3 Å². The molecule has 0 fully saturated rings. The molecule has 0 heterocycles. The second-order valence-electron chi connectivity index (χ2n) is 4.26. The fraction of sp³-hybridized carbons (Fsp3) is 0.312. The van der Waals surface area contributed by atoms with E-state index in [-0.39, 0.29) is 12.2 Å². The molecule has 0 aromatic heterocycles. The Morgan fingerprint density at radius 3 is 2.43 bits per heavy atom. The Labute approximate surface area is 123 Å². The molecule has 0 aliphatic rings. The van der Waals surface area contributed by atoms with Crippen molar-refractivity contribution in [1.29, 1.82) is 5.26 Å². The molecule has 1 rings (SSSR count). The number of hydrogen-bond acceptors (Lipinski definition) is 5. The summed E-state index contributed by atoms with van der Waals surface area (Å²) in [6, 6.07) is 10.7. The molecule has 110 valence electrons. The van der Waals surface area contributed by atoms with E-state index < -0.39 is 23.8 Å². The number of ether oxygens (including phenoxy) is 2. The molecule has 0 aliphatic heterocycles. The summed E-state index contributed by atoms with van der Waals surface area (Å²) in [5, 5.41) is 9.31. The number of nitriles is 1. The Kier molecular flexibility index (Phi) is 6.15. The molecule has 2 atom stereocenters. The lowest BCUT2D eigenvalue weighted by atomic mass is 9.81. The first-order valence-corrected chi connectivity index (χ1v) is 6.45. The third-order valence-corrected chi connectivity index (χ3v) is 2.99. The van der Waals surface area contributed by atoms with Crippen molar-refractivity contribution in [2.24, 2.45) is 5.92 Å². The van der Waals surface area contributed by atoms with Gasteiger partial charge in [-0.3, -0.25) is 4.79 Å². The highest BCUT2D eigenvalue weighted by atomic mass is 16.5. The molecule has 0 N–H and O–H groups in total. The number of carbonyl (C=O) groups is 2. The van der Waals surface area contributed by atoms with Crippen molar-refractivity contribution in [2.75, 3.05) is 13.7 Å². The molecule has 1 aromatic rings. The van der Waals surface area contributed by atoms with Crippen molar-refractivity contribution in [3.63, 3.8) is 0 Å². The first kappa shape index (κ1) is 16.4. The predicted octanol–water partition coefficient (Wildman–Crippen LogP) is 2.20. The highest BCUT2D eigenvalue weighted by molar-refractivity contribution is 5.91. The molecule has 21 heavy (non-hydrogen) atoms. The number of methoxy groups -OCH3 is 1. The largest absolute Gasteiger partial charge is 0.466 e. The van der Waals surface area contributed by atoms with Gasteiger partial charge in [0.1, 0.15) is 0 Å². The molecular formula is C16H17NO4. The Bertz CT molecular complexity index is 559. The van der Waals surface area contributed by atoms with Gasteiger partial charge in [0.05, 0.1) is 19.8 Å². The van der Waals surface area contributed by atoms with Gasteiger partial charge in [0, 0.05) is 11.5 Å². The lowest BCUT2D eigenvalue weighted by Crippen LogP contribution is -2.27. The Morgan fingerprint density at radius 2 is 1.95 bits per heavy atom. The van der Waals surface area contributed by atoms with Crippen molar-refractivity contribution in [3.05, 3.63) is 48.0 Å². The SMILES string of the molecule is C=C(C(=O)OC)C(c1ccccc1)C(C#N)C(=O)OCC. The Morgan fingerprint density at radius 1 is 1.33 bits per heavy atom. The summed E-state index contributed by atoms with van der Waals surface area (Å²) in [5.41, 5.74) is 0.677. The van der Waals surface area contributed by atoms with Crippen LogP contribution in [0.25, 0.3) is 0 Å². The van der Waals surface area contributed by atoms with Gasteiger partial charge in [0.2, 0.25) is 0 Å². The van der Waals surface area contributed by atoms with Gasteiger partial charge in [-0.15, -0.1) is 0 Å². The lowest BCUT2D eigenvalue weighted by molar-refractivity contribution is -0.146. The highest BCUT2D eigenvalue weighted by Crippen LogP contribution is 2.32. The molecule has 5 nitrogen and oxygen atoms in total. The van der Waals surface area contributed by atoms with Crippen molar-refractivity contribution >= 4 is 11.9 Å². The van der Waals surface area contributed by atoms with Gasteiger partial charge in [0.25, 0.3) is 0 Å². The molecule has 5 heteroatoms. The standard InChI is InChI=1S/C16H17NO4/c1-4-21-16(19)13(10-17)14(11(2)15(18)20-3)12-8-6-5-7-9-12/h5-9,13-14H,2,4H2,1,3H3. The van der Waals surface area contributed by atoms with E-state index in [4.69, 9.17) is 4.74 Å². The minimum Gasteiger partial charge on any atom is -0.466 e. The normalized spacial score (nSPS) is 12.6. The van der Waals surface area contributed by atoms with Crippen LogP contribution in [0.3, 0.4) is 0 Å². The molecular weight excluding hydrogens is 270 g/mol. The van der Waals surface area contributed by atoms with Crippen LogP contribution in [-0.4, -0.2) is 25.7 Å².